The first-order chi connectivity index (χ1) is 13.4. The summed E-state index contributed by atoms with van der Waals surface area (Å²) in [6, 6.07) is 5.68. The third-order valence-corrected chi connectivity index (χ3v) is 3.97. The van der Waals surface area contributed by atoms with Crippen LogP contribution in [0.25, 0.3) is 11.5 Å². The van der Waals surface area contributed by atoms with Crippen molar-refractivity contribution in [1.29, 1.82) is 0 Å². The molecule has 0 fully saturated rings. The smallest absolute Gasteiger partial charge is 0.321 e. The Balaban J connectivity index is 1.74. The lowest BCUT2D eigenvalue weighted by molar-refractivity contribution is 0.102. The Morgan fingerprint density at radius 3 is 2.68 bits per heavy atom. The summed E-state index contributed by atoms with van der Waals surface area (Å²) in [7, 11) is 2.84. The van der Waals surface area contributed by atoms with Gasteiger partial charge in [-0.05, 0) is 29.8 Å². The van der Waals surface area contributed by atoms with E-state index >= 15 is 0 Å². The first kappa shape index (κ1) is 19.3. The summed E-state index contributed by atoms with van der Waals surface area (Å²) < 4.78 is 52.1. The zero-order valence-electron chi connectivity index (χ0n) is 14.9. The van der Waals surface area contributed by atoms with Crippen molar-refractivity contribution in [1.82, 2.24) is 15.1 Å². The van der Waals surface area contributed by atoms with Gasteiger partial charge in [0.05, 0.1) is 13.4 Å². The maximum atomic E-state index is 13.8. The largest absolute Gasteiger partial charge is 0.494 e. The van der Waals surface area contributed by atoms with Crippen LogP contribution in [-0.2, 0) is 7.05 Å². The summed E-state index contributed by atoms with van der Waals surface area (Å²) in [5.41, 5.74) is 0.371. The molecule has 1 atom stereocenters. The lowest BCUT2D eigenvalue weighted by atomic mass is 10.1. The minimum atomic E-state index is -2.95. The third kappa shape index (κ3) is 4.11. The number of rotatable bonds is 6. The number of aryl methyl sites for hydroxylation is 1. The molecule has 0 aliphatic rings. The average Bonchev–Trinajstić information content (AvgIpc) is 3.30. The van der Waals surface area contributed by atoms with Crippen LogP contribution >= 0.6 is 0 Å². The molecule has 1 aromatic carbocycles. The predicted octanol–water partition coefficient (Wildman–Crippen LogP) is 3.96. The fourth-order valence-corrected chi connectivity index (χ4v) is 2.59. The van der Waals surface area contributed by atoms with Crippen LogP contribution in [0, 0.1) is 5.82 Å². The number of furan rings is 1. The van der Waals surface area contributed by atoms with Gasteiger partial charge in [0.25, 0.3) is 6.43 Å². The number of alkyl halides is 2. The Bertz CT molecular complexity index is 957. The van der Waals surface area contributed by atoms with Crippen molar-refractivity contribution >= 4 is 11.8 Å². The van der Waals surface area contributed by atoms with E-state index in [1.54, 1.807) is 19.2 Å². The molecule has 2 heterocycles. The standard InChI is InChI=1S/C18H17F3N4O3/c1-25-15(9-12(24-25)14-4-3-7-28-14)22-18(26)23-16(17(20)21)10-5-6-13(27-2)11(19)8-10/h3-9,16-17H,1-2H3,(H2,22,23,26). The van der Waals surface area contributed by atoms with Crippen LogP contribution in [0.3, 0.4) is 0 Å². The van der Waals surface area contributed by atoms with E-state index in [1.165, 1.54) is 36.3 Å². The number of hydrogen-bond acceptors (Lipinski definition) is 4. The first-order valence-electron chi connectivity index (χ1n) is 8.16. The topological polar surface area (TPSA) is 81.3 Å². The van der Waals surface area contributed by atoms with E-state index < -0.39 is 24.3 Å². The number of hydrogen-bond donors (Lipinski definition) is 2. The molecule has 7 nitrogen and oxygen atoms in total. The van der Waals surface area contributed by atoms with Crippen LogP contribution in [0.2, 0.25) is 0 Å². The molecule has 0 aliphatic heterocycles. The van der Waals surface area contributed by atoms with E-state index in [9.17, 15) is 18.0 Å². The normalized spacial score (nSPS) is 12.1. The number of carbonyl (C=O) groups excluding carboxylic acids is 1. The Kier molecular flexibility index (Phi) is 5.57. The van der Waals surface area contributed by atoms with E-state index in [1.807, 2.05) is 0 Å². The Morgan fingerprint density at radius 1 is 1.29 bits per heavy atom. The minimum Gasteiger partial charge on any atom is -0.494 e. The number of nitrogens with zero attached hydrogens (tertiary/aromatic N) is 2. The lowest BCUT2D eigenvalue weighted by Gasteiger charge is -2.19. The average molecular weight is 394 g/mol. The Labute approximate surface area is 158 Å². The van der Waals surface area contributed by atoms with Crippen molar-refractivity contribution in [3.05, 3.63) is 54.0 Å². The van der Waals surface area contributed by atoms with Crippen LogP contribution in [0.4, 0.5) is 23.8 Å². The highest BCUT2D eigenvalue weighted by Crippen LogP contribution is 2.26. The molecule has 3 rings (SSSR count). The van der Waals surface area contributed by atoms with Gasteiger partial charge in [0, 0.05) is 13.1 Å². The number of benzene rings is 1. The highest BCUT2D eigenvalue weighted by atomic mass is 19.3. The summed E-state index contributed by atoms with van der Waals surface area (Å²) in [5.74, 6) is -0.134. The van der Waals surface area contributed by atoms with E-state index in [4.69, 9.17) is 9.15 Å². The van der Waals surface area contributed by atoms with E-state index in [2.05, 4.69) is 15.7 Å². The summed E-state index contributed by atoms with van der Waals surface area (Å²) in [4.78, 5) is 12.2. The molecule has 0 aliphatic carbocycles. The Hall–Kier alpha value is -3.43. The molecule has 0 radical (unpaired) electrons. The van der Waals surface area contributed by atoms with E-state index in [-0.39, 0.29) is 17.1 Å². The molecule has 2 amide bonds. The quantitative estimate of drug-likeness (QED) is 0.663. The van der Waals surface area contributed by atoms with Crippen molar-refractivity contribution < 1.29 is 27.1 Å². The molecule has 0 spiro atoms. The van der Waals surface area contributed by atoms with Gasteiger partial charge in [0.2, 0.25) is 0 Å². The highest BCUT2D eigenvalue weighted by Gasteiger charge is 2.26. The summed E-state index contributed by atoms with van der Waals surface area (Å²) in [6.45, 7) is 0. The molecule has 1 unspecified atom stereocenters. The lowest BCUT2D eigenvalue weighted by Crippen LogP contribution is -2.36. The molecule has 0 saturated carbocycles. The van der Waals surface area contributed by atoms with Crippen LogP contribution in [0.15, 0.2) is 47.1 Å². The predicted molar refractivity (Wildman–Crippen MR) is 94.8 cm³/mol. The minimum absolute atomic E-state index is 0.0819. The van der Waals surface area contributed by atoms with Gasteiger partial charge in [-0.2, -0.15) is 5.10 Å². The maximum Gasteiger partial charge on any atom is 0.321 e. The van der Waals surface area contributed by atoms with Crippen LogP contribution in [-0.4, -0.2) is 29.3 Å². The van der Waals surface area contributed by atoms with Gasteiger partial charge in [-0.15, -0.1) is 0 Å². The maximum absolute atomic E-state index is 13.8. The highest BCUT2D eigenvalue weighted by molar-refractivity contribution is 5.89. The van der Waals surface area contributed by atoms with Crippen LogP contribution in [0.1, 0.15) is 11.6 Å². The second-order valence-corrected chi connectivity index (χ2v) is 5.82. The molecule has 2 N–H and O–H groups in total. The second kappa shape index (κ2) is 8.07. The van der Waals surface area contributed by atoms with Gasteiger partial charge < -0.3 is 14.5 Å². The van der Waals surface area contributed by atoms with Gasteiger partial charge >= 0.3 is 6.03 Å². The zero-order chi connectivity index (χ0) is 20.3. The van der Waals surface area contributed by atoms with Gasteiger partial charge in [-0.1, -0.05) is 6.07 Å². The monoisotopic (exact) mass is 394 g/mol. The molecule has 148 valence electrons. The number of carbonyl (C=O) groups is 1. The van der Waals surface area contributed by atoms with E-state index in [0.717, 1.165) is 6.07 Å². The molecule has 0 saturated heterocycles. The summed E-state index contributed by atoms with van der Waals surface area (Å²) in [6.07, 6.45) is -1.48. The van der Waals surface area contributed by atoms with Crippen LogP contribution < -0.4 is 15.4 Å². The summed E-state index contributed by atoms with van der Waals surface area (Å²) in [5, 5.41) is 8.76. The molecule has 2 aromatic heterocycles. The number of amides is 2. The molecule has 10 heteroatoms. The molecule has 3 aromatic rings. The summed E-state index contributed by atoms with van der Waals surface area (Å²) >= 11 is 0. The van der Waals surface area contributed by atoms with Gasteiger partial charge in [-0.3, -0.25) is 10.00 Å². The second-order valence-electron chi connectivity index (χ2n) is 5.82. The SMILES string of the molecule is COc1ccc(C(NC(=O)Nc2cc(-c3ccco3)nn2C)C(F)F)cc1F. The van der Waals surface area contributed by atoms with Crippen molar-refractivity contribution in [3.63, 3.8) is 0 Å². The molecular weight excluding hydrogens is 377 g/mol. The van der Waals surface area contributed by atoms with Gasteiger partial charge in [0.1, 0.15) is 17.6 Å². The molecule has 0 bridgehead atoms. The number of halogens is 3. The number of ether oxygens (including phenoxy) is 1. The van der Waals surface area contributed by atoms with Crippen molar-refractivity contribution in [2.75, 3.05) is 12.4 Å². The molecular formula is C18H17F3N4O3. The number of urea groups is 1. The van der Waals surface area contributed by atoms with Crippen LogP contribution in [0.5, 0.6) is 5.75 Å². The van der Waals surface area contributed by atoms with Gasteiger partial charge in [0.15, 0.2) is 17.3 Å². The fraction of sp³-hybridized carbons (Fsp3) is 0.222. The fourth-order valence-electron chi connectivity index (χ4n) is 2.59. The number of nitrogens with one attached hydrogen (secondary N) is 2. The number of aromatic nitrogens is 2. The van der Waals surface area contributed by atoms with E-state index in [0.29, 0.717) is 11.5 Å². The Morgan fingerprint density at radius 2 is 2.07 bits per heavy atom. The number of methoxy groups -OCH3 is 1. The zero-order valence-corrected chi connectivity index (χ0v) is 14.9. The van der Waals surface area contributed by atoms with Crippen molar-refractivity contribution in [2.45, 2.75) is 12.5 Å². The van der Waals surface area contributed by atoms with Gasteiger partial charge in [-0.25, -0.2) is 18.0 Å². The molecule has 28 heavy (non-hydrogen) atoms. The first-order valence-corrected chi connectivity index (χ1v) is 8.16. The number of anilines is 1. The third-order valence-electron chi connectivity index (χ3n) is 3.97. The van der Waals surface area contributed by atoms with Crippen molar-refractivity contribution in [2.24, 2.45) is 7.05 Å². The van der Waals surface area contributed by atoms with Crippen molar-refractivity contribution in [3.8, 4) is 17.2 Å².